The highest BCUT2D eigenvalue weighted by Crippen LogP contribution is 2.22. The number of thiol groups is 1. The largest absolute Gasteiger partial charge is 0.355 e. The van der Waals surface area contributed by atoms with Crippen LogP contribution in [0.1, 0.15) is 33.6 Å². The molecule has 2 rings (SSSR count). The first-order chi connectivity index (χ1) is 9.65. The second-order valence-corrected chi connectivity index (χ2v) is 4.93. The molecule has 3 amide bonds. The number of amides is 3. The number of imide groups is 1. The van der Waals surface area contributed by atoms with Crippen molar-refractivity contribution in [1.82, 2.24) is 10.2 Å². The molecule has 0 aromatic heterocycles. The van der Waals surface area contributed by atoms with Gasteiger partial charge in [-0.25, -0.2) is 0 Å². The molecule has 0 saturated heterocycles. The van der Waals surface area contributed by atoms with Gasteiger partial charge < -0.3 is 5.32 Å². The first kappa shape index (κ1) is 14.6. The molecule has 6 heteroatoms. The molecule has 0 fully saturated rings. The highest BCUT2D eigenvalue weighted by Gasteiger charge is 2.34. The van der Waals surface area contributed by atoms with Crippen LogP contribution >= 0.6 is 12.6 Å². The van der Waals surface area contributed by atoms with E-state index >= 15 is 0 Å². The van der Waals surface area contributed by atoms with E-state index in [4.69, 9.17) is 0 Å². The summed E-state index contributed by atoms with van der Waals surface area (Å²) in [6.45, 7) is 0.787. The number of nitrogens with one attached hydrogen (secondary N) is 1. The first-order valence-electron chi connectivity index (χ1n) is 6.48. The lowest BCUT2D eigenvalue weighted by atomic mass is 10.1. The minimum Gasteiger partial charge on any atom is -0.355 e. The highest BCUT2D eigenvalue weighted by atomic mass is 32.1. The van der Waals surface area contributed by atoms with Crippen molar-refractivity contribution in [3.8, 4) is 0 Å². The van der Waals surface area contributed by atoms with E-state index in [1.807, 2.05) is 0 Å². The number of hydrogen-bond donors (Lipinski definition) is 2. The maximum atomic E-state index is 12.0. The molecule has 1 N–H and O–H groups in total. The van der Waals surface area contributed by atoms with Gasteiger partial charge in [0.15, 0.2) is 0 Å². The monoisotopic (exact) mass is 292 g/mol. The quantitative estimate of drug-likeness (QED) is 0.610. The molecule has 0 aliphatic carbocycles. The Balaban J connectivity index is 1.88. The van der Waals surface area contributed by atoms with Gasteiger partial charge in [-0.05, 0) is 18.6 Å². The minimum atomic E-state index is -0.277. The van der Waals surface area contributed by atoms with E-state index in [9.17, 15) is 14.4 Å². The van der Waals surface area contributed by atoms with Crippen LogP contribution in [0.25, 0.3) is 0 Å². The molecule has 1 aromatic carbocycles. The van der Waals surface area contributed by atoms with Crippen molar-refractivity contribution in [3.05, 3.63) is 35.4 Å². The van der Waals surface area contributed by atoms with Gasteiger partial charge in [0, 0.05) is 25.3 Å². The fourth-order valence-corrected chi connectivity index (χ4v) is 2.24. The lowest BCUT2D eigenvalue weighted by Crippen LogP contribution is -2.32. The molecule has 106 valence electrons. The van der Waals surface area contributed by atoms with Crippen LogP contribution in [-0.2, 0) is 4.79 Å². The molecule has 0 bridgehead atoms. The van der Waals surface area contributed by atoms with E-state index < -0.39 is 0 Å². The van der Waals surface area contributed by atoms with Crippen LogP contribution in [-0.4, -0.2) is 41.5 Å². The predicted molar refractivity (Wildman–Crippen MR) is 77.9 cm³/mol. The Kier molecular flexibility index (Phi) is 4.79. The highest BCUT2D eigenvalue weighted by molar-refractivity contribution is 7.80. The van der Waals surface area contributed by atoms with Crippen molar-refractivity contribution in [3.63, 3.8) is 0 Å². The first-order valence-corrected chi connectivity index (χ1v) is 7.11. The molecule has 0 saturated carbocycles. The van der Waals surface area contributed by atoms with Crippen molar-refractivity contribution < 1.29 is 14.4 Å². The second-order valence-electron chi connectivity index (χ2n) is 4.48. The fourth-order valence-electron chi connectivity index (χ4n) is 2.12. The van der Waals surface area contributed by atoms with Gasteiger partial charge in [0.25, 0.3) is 11.8 Å². The Labute approximate surface area is 122 Å². The number of hydrogen-bond acceptors (Lipinski definition) is 4. The van der Waals surface area contributed by atoms with Crippen LogP contribution in [0.3, 0.4) is 0 Å². The van der Waals surface area contributed by atoms with Crippen LogP contribution < -0.4 is 5.32 Å². The van der Waals surface area contributed by atoms with E-state index in [1.165, 1.54) is 4.90 Å². The lowest BCUT2D eigenvalue weighted by molar-refractivity contribution is -0.121. The number of carbonyl (C=O) groups excluding carboxylic acids is 3. The van der Waals surface area contributed by atoms with E-state index in [2.05, 4.69) is 17.9 Å². The summed E-state index contributed by atoms with van der Waals surface area (Å²) in [6.07, 6.45) is 0.755. The van der Waals surface area contributed by atoms with Crippen LogP contribution in [0.5, 0.6) is 0 Å². The molecule has 1 aliphatic heterocycles. The van der Waals surface area contributed by atoms with E-state index in [1.54, 1.807) is 24.3 Å². The number of benzene rings is 1. The molecule has 1 aromatic rings. The molecule has 0 atom stereocenters. The zero-order chi connectivity index (χ0) is 14.5. The summed E-state index contributed by atoms with van der Waals surface area (Å²) in [5, 5.41) is 2.69. The van der Waals surface area contributed by atoms with Gasteiger partial charge in [0.1, 0.15) is 0 Å². The average Bonchev–Trinajstić information content (AvgIpc) is 2.70. The van der Waals surface area contributed by atoms with E-state index in [0.717, 1.165) is 0 Å². The second kappa shape index (κ2) is 6.56. The molecular formula is C14H16N2O3S. The Morgan fingerprint density at radius 1 is 1.15 bits per heavy atom. The summed E-state index contributed by atoms with van der Waals surface area (Å²) in [7, 11) is 0. The van der Waals surface area contributed by atoms with Gasteiger partial charge in [-0.1, -0.05) is 12.1 Å². The Hall–Kier alpha value is -1.82. The normalized spacial score (nSPS) is 13.6. The minimum absolute atomic E-state index is 0.0874. The zero-order valence-electron chi connectivity index (χ0n) is 11.0. The maximum Gasteiger partial charge on any atom is 0.261 e. The number of rotatable bonds is 6. The van der Waals surface area contributed by atoms with Crippen molar-refractivity contribution in [2.45, 2.75) is 12.8 Å². The van der Waals surface area contributed by atoms with Gasteiger partial charge in [-0.3, -0.25) is 19.3 Å². The summed E-state index contributed by atoms with van der Waals surface area (Å²) in [5.41, 5.74) is 0.883. The third-order valence-electron chi connectivity index (χ3n) is 3.10. The van der Waals surface area contributed by atoms with Gasteiger partial charge in [-0.2, -0.15) is 12.6 Å². The van der Waals surface area contributed by atoms with E-state index in [-0.39, 0.29) is 24.3 Å². The van der Waals surface area contributed by atoms with E-state index in [0.29, 0.717) is 36.3 Å². The van der Waals surface area contributed by atoms with Crippen LogP contribution in [0.4, 0.5) is 0 Å². The SMILES string of the molecule is O=C(CCCN1C(=O)c2ccccc2C1=O)NCCS. The number of fused-ring (bicyclic) bond motifs is 1. The molecule has 0 spiro atoms. The number of carbonyl (C=O) groups is 3. The number of nitrogens with zero attached hydrogens (tertiary/aromatic N) is 1. The van der Waals surface area contributed by atoms with Gasteiger partial charge in [0.05, 0.1) is 11.1 Å². The van der Waals surface area contributed by atoms with Crippen molar-refractivity contribution in [1.29, 1.82) is 0 Å². The molecule has 0 radical (unpaired) electrons. The molecular weight excluding hydrogens is 276 g/mol. The van der Waals surface area contributed by atoms with Gasteiger partial charge in [0.2, 0.25) is 5.91 Å². The standard InChI is InChI=1S/C14H16N2O3S/c17-12(15-7-9-20)6-3-8-16-13(18)10-4-1-2-5-11(10)14(16)19/h1-2,4-5,20H,3,6-9H2,(H,15,17). The van der Waals surface area contributed by atoms with Crippen molar-refractivity contribution in [2.75, 3.05) is 18.8 Å². The Morgan fingerprint density at radius 3 is 2.30 bits per heavy atom. The predicted octanol–water partition coefficient (Wildman–Crippen LogP) is 1.11. The third-order valence-corrected chi connectivity index (χ3v) is 3.32. The van der Waals surface area contributed by atoms with Crippen LogP contribution in [0.15, 0.2) is 24.3 Å². The summed E-state index contributed by atoms with van der Waals surface area (Å²) in [5.74, 6) is -0.0529. The Morgan fingerprint density at radius 2 is 1.75 bits per heavy atom. The van der Waals surface area contributed by atoms with Gasteiger partial charge in [-0.15, -0.1) is 0 Å². The summed E-state index contributed by atoms with van der Waals surface area (Å²) in [4.78, 5) is 36.7. The summed E-state index contributed by atoms with van der Waals surface area (Å²) < 4.78 is 0. The van der Waals surface area contributed by atoms with Crippen molar-refractivity contribution >= 4 is 30.4 Å². The molecule has 5 nitrogen and oxygen atoms in total. The Bertz CT molecular complexity index is 510. The summed E-state index contributed by atoms with van der Waals surface area (Å²) in [6, 6.07) is 6.76. The van der Waals surface area contributed by atoms with Crippen molar-refractivity contribution in [2.24, 2.45) is 0 Å². The van der Waals surface area contributed by atoms with Crippen LogP contribution in [0.2, 0.25) is 0 Å². The molecule has 1 heterocycles. The molecule has 1 aliphatic rings. The third kappa shape index (κ3) is 3.01. The van der Waals surface area contributed by atoms with Gasteiger partial charge >= 0.3 is 0 Å². The topological polar surface area (TPSA) is 66.5 Å². The molecule has 20 heavy (non-hydrogen) atoms. The molecule has 0 unspecified atom stereocenters. The lowest BCUT2D eigenvalue weighted by Gasteiger charge is -2.13. The fraction of sp³-hybridized carbons (Fsp3) is 0.357. The average molecular weight is 292 g/mol. The zero-order valence-corrected chi connectivity index (χ0v) is 11.9. The van der Waals surface area contributed by atoms with Crippen LogP contribution in [0, 0.1) is 0 Å². The smallest absolute Gasteiger partial charge is 0.261 e. The maximum absolute atomic E-state index is 12.0. The summed E-state index contributed by atoms with van der Waals surface area (Å²) >= 11 is 4.00.